The molecule has 0 spiro atoms. The van der Waals surface area contributed by atoms with Crippen molar-refractivity contribution in [3.63, 3.8) is 0 Å². The first kappa shape index (κ1) is 27.9. The van der Waals surface area contributed by atoms with Gasteiger partial charge in [0.2, 0.25) is 5.91 Å². The number of carbonyl (C=O) groups is 2. The number of hydrogen-bond acceptors (Lipinski definition) is 8. The van der Waals surface area contributed by atoms with Gasteiger partial charge in [-0.15, -0.1) is 5.06 Å². The number of halogens is 1. The van der Waals surface area contributed by atoms with E-state index in [4.69, 9.17) is 9.57 Å². The molecule has 0 aromatic heterocycles. The molecule has 1 amide bonds. The van der Waals surface area contributed by atoms with Gasteiger partial charge in [0.15, 0.2) is 9.84 Å². The molecule has 198 valence electrons. The van der Waals surface area contributed by atoms with E-state index in [0.29, 0.717) is 18.4 Å². The Labute approximate surface area is 211 Å². The molecule has 0 radical (unpaired) electrons. The molecule has 36 heavy (non-hydrogen) atoms. The molecule has 1 saturated heterocycles. The second-order valence-corrected chi connectivity index (χ2v) is 13.5. The van der Waals surface area contributed by atoms with Crippen molar-refractivity contribution >= 4 is 21.9 Å². The smallest absolute Gasteiger partial charge is 0.427 e. The first-order valence-corrected chi connectivity index (χ1v) is 13.9. The van der Waals surface area contributed by atoms with Gasteiger partial charge < -0.3 is 14.9 Å². The lowest BCUT2D eigenvalue weighted by molar-refractivity contribution is -0.208. The van der Waals surface area contributed by atoms with Crippen LogP contribution in [0.25, 0.3) is 0 Å². The molecule has 3 rings (SSSR count). The Morgan fingerprint density at radius 2 is 1.83 bits per heavy atom. The van der Waals surface area contributed by atoms with Crippen molar-refractivity contribution < 1.29 is 32.0 Å². The highest BCUT2D eigenvalue weighted by Crippen LogP contribution is 2.50. The van der Waals surface area contributed by atoms with Gasteiger partial charge in [0.1, 0.15) is 22.5 Å². The minimum Gasteiger partial charge on any atom is -0.427 e. The molecule has 1 aliphatic heterocycles. The predicted octanol–water partition coefficient (Wildman–Crippen LogP) is 3.81. The summed E-state index contributed by atoms with van der Waals surface area (Å²) in [6, 6.07) is 6.17. The van der Waals surface area contributed by atoms with E-state index < -0.39 is 55.7 Å². The number of hydrogen-bond donors (Lipinski definition) is 1. The largest absolute Gasteiger partial charge is 0.528 e. The van der Waals surface area contributed by atoms with E-state index >= 15 is 0 Å². The maximum absolute atomic E-state index is 13.9. The van der Waals surface area contributed by atoms with Gasteiger partial charge in [-0.2, -0.15) is 5.26 Å². The van der Waals surface area contributed by atoms with Gasteiger partial charge in [0, 0.05) is 6.26 Å². The number of ether oxygens (including phenoxy) is 1. The third-order valence-electron chi connectivity index (χ3n) is 6.37. The van der Waals surface area contributed by atoms with Crippen LogP contribution in [0.15, 0.2) is 24.3 Å². The summed E-state index contributed by atoms with van der Waals surface area (Å²) >= 11 is 0. The second kappa shape index (κ2) is 9.63. The molecular weight excluding hydrogens is 489 g/mol. The van der Waals surface area contributed by atoms with Crippen molar-refractivity contribution in [2.24, 2.45) is 5.92 Å². The summed E-state index contributed by atoms with van der Waals surface area (Å²) in [5.41, 5.74) is -3.21. The van der Waals surface area contributed by atoms with Crippen LogP contribution in [0.2, 0.25) is 0 Å². The van der Waals surface area contributed by atoms with Crippen LogP contribution in [-0.2, 0) is 24.2 Å². The fourth-order valence-electron chi connectivity index (χ4n) is 4.70. The van der Waals surface area contributed by atoms with Gasteiger partial charge in [-0.3, -0.25) is 4.79 Å². The molecular formula is C25H34FN3O6S. The van der Waals surface area contributed by atoms with Crippen molar-refractivity contribution in [2.45, 2.75) is 88.3 Å². The van der Waals surface area contributed by atoms with Crippen molar-refractivity contribution in [1.29, 1.82) is 5.26 Å². The highest BCUT2D eigenvalue weighted by molar-refractivity contribution is 7.91. The molecule has 11 heteroatoms. The summed E-state index contributed by atoms with van der Waals surface area (Å²) in [6.07, 6.45) is 0.829. The lowest BCUT2D eigenvalue weighted by atomic mass is 9.85. The lowest BCUT2D eigenvalue weighted by Crippen LogP contribution is -2.59. The van der Waals surface area contributed by atoms with E-state index in [2.05, 4.69) is 11.4 Å². The standard InChI is InChI=1S/C25H34FN3O6S/c1-16(2)13-25(21(30)28-24(15-27)11-12-24)14-19(36(6,32)33)20(17-7-9-18(26)10-8-17)29(25)35-22(31)34-23(3,4)5/h7-10,16,19-20H,11-14H2,1-6H3,(H,28,30)/t19-,20+,25+/m0/s1. The summed E-state index contributed by atoms with van der Waals surface area (Å²) in [5.74, 6) is -1.25. The van der Waals surface area contributed by atoms with E-state index in [-0.39, 0.29) is 18.8 Å². The summed E-state index contributed by atoms with van der Waals surface area (Å²) in [7, 11) is -3.80. The van der Waals surface area contributed by atoms with Crippen LogP contribution in [0.4, 0.5) is 9.18 Å². The van der Waals surface area contributed by atoms with Crippen LogP contribution in [0, 0.1) is 23.1 Å². The summed E-state index contributed by atoms with van der Waals surface area (Å²) in [6.45, 7) is 8.66. The average Bonchev–Trinajstić information content (AvgIpc) is 3.42. The molecule has 1 aromatic carbocycles. The highest BCUT2D eigenvalue weighted by Gasteiger charge is 2.63. The van der Waals surface area contributed by atoms with E-state index in [0.717, 1.165) is 11.3 Å². The van der Waals surface area contributed by atoms with Crippen LogP contribution in [0.1, 0.15) is 71.9 Å². The molecule has 3 atom stereocenters. The van der Waals surface area contributed by atoms with Gasteiger partial charge in [-0.25, -0.2) is 17.6 Å². The number of benzene rings is 1. The first-order valence-electron chi connectivity index (χ1n) is 11.9. The monoisotopic (exact) mass is 523 g/mol. The van der Waals surface area contributed by atoms with Gasteiger partial charge in [-0.1, -0.05) is 26.0 Å². The zero-order valence-corrected chi connectivity index (χ0v) is 22.3. The minimum atomic E-state index is -3.80. The molecule has 1 saturated carbocycles. The molecule has 1 aromatic rings. The number of nitrogens with zero attached hydrogens (tertiary/aromatic N) is 2. The second-order valence-electron chi connectivity index (χ2n) is 11.2. The summed E-state index contributed by atoms with van der Waals surface area (Å²) in [5, 5.41) is 12.3. The molecule has 1 N–H and O–H groups in total. The SMILES string of the molecule is CC(C)C[C@]1(C(=O)NC2(C#N)CC2)C[C@H](S(C)(=O)=O)[C@@H](c2ccc(F)cc2)N1OC(=O)OC(C)(C)C. The molecule has 2 fully saturated rings. The van der Waals surface area contributed by atoms with Gasteiger partial charge >= 0.3 is 6.16 Å². The molecule has 1 aliphatic carbocycles. The fourth-order valence-corrected chi connectivity index (χ4v) is 6.01. The van der Waals surface area contributed by atoms with Crippen LogP contribution < -0.4 is 5.32 Å². The Hall–Kier alpha value is -2.71. The van der Waals surface area contributed by atoms with E-state index in [1.54, 1.807) is 20.8 Å². The first-order chi connectivity index (χ1) is 16.5. The third-order valence-corrected chi connectivity index (χ3v) is 7.90. The maximum Gasteiger partial charge on any atom is 0.528 e. The number of nitrogens with one attached hydrogen (secondary N) is 1. The van der Waals surface area contributed by atoms with Crippen LogP contribution >= 0.6 is 0 Å². The Kier molecular flexibility index (Phi) is 7.46. The number of sulfone groups is 1. The van der Waals surface area contributed by atoms with Gasteiger partial charge in [-0.05, 0) is 70.1 Å². The fraction of sp³-hybridized carbons (Fsp3) is 0.640. The topological polar surface area (TPSA) is 126 Å². The van der Waals surface area contributed by atoms with E-state index in [1.165, 1.54) is 24.3 Å². The number of carbonyl (C=O) groups excluding carboxylic acids is 2. The Balaban J connectivity index is 2.19. The Bertz CT molecular complexity index is 1150. The Morgan fingerprint density at radius 1 is 1.25 bits per heavy atom. The normalized spacial score (nSPS) is 25.8. The van der Waals surface area contributed by atoms with Crippen molar-refractivity contribution in [1.82, 2.24) is 10.4 Å². The van der Waals surface area contributed by atoms with Crippen molar-refractivity contribution in [3.8, 4) is 6.07 Å². The quantitative estimate of drug-likeness (QED) is 0.535. The number of hydroxylamine groups is 2. The molecule has 0 unspecified atom stereocenters. The van der Waals surface area contributed by atoms with Crippen LogP contribution in [-0.4, -0.2) is 53.7 Å². The third kappa shape index (κ3) is 5.98. The highest BCUT2D eigenvalue weighted by atomic mass is 32.2. The number of amides is 1. The average molecular weight is 524 g/mol. The van der Waals surface area contributed by atoms with E-state index in [9.17, 15) is 27.7 Å². The van der Waals surface area contributed by atoms with Crippen molar-refractivity contribution in [3.05, 3.63) is 35.6 Å². The molecule has 0 bridgehead atoms. The molecule has 9 nitrogen and oxygen atoms in total. The zero-order valence-electron chi connectivity index (χ0n) is 21.5. The number of rotatable bonds is 7. The summed E-state index contributed by atoms with van der Waals surface area (Å²) in [4.78, 5) is 32.5. The predicted molar refractivity (Wildman–Crippen MR) is 129 cm³/mol. The zero-order chi connectivity index (χ0) is 27.1. The minimum absolute atomic E-state index is 0.120. The van der Waals surface area contributed by atoms with Crippen LogP contribution in [0.3, 0.4) is 0 Å². The Morgan fingerprint density at radius 3 is 2.28 bits per heavy atom. The summed E-state index contributed by atoms with van der Waals surface area (Å²) < 4.78 is 45.2. The molecule has 2 aliphatic rings. The van der Waals surface area contributed by atoms with Gasteiger partial charge in [0.25, 0.3) is 0 Å². The maximum atomic E-state index is 13.9. The molecule has 1 heterocycles. The van der Waals surface area contributed by atoms with Gasteiger partial charge in [0.05, 0.1) is 17.4 Å². The van der Waals surface area contributed by atoms with Crippen molar-refractivity contribution in [2.75, 3.05) is 6.26 Å². The van der Waals surface area contributed by atoms with Crippen LogP contribution in [0.5, 0.6) is 0 Å². The number of nitriles is 1. The lowest BCUT2D eigenvalue weighted by Gasteiger charge is -2.39. The van der Waals surface area contributed by atoms with E-state index in [1.807, 2.05) is 13.8 Å².